The van der Waals surface area contributed by atoms with E-state index in [1.54, 1.807) is 0 Å². The van der Waals surface area contributed by atoms with Crippen LogP contribution in [0.2, 0.25) is 0 Å². The lowest BCUT2D eigenvalue weighted by Gasteiger charge is -2.33. The van der Waals surface area contributed by atoms with Crippen LogP contribution in [-0.2, 0) is 0 Å². The lowest BCUT2D eigenvalue weighted by atomic mass is 9.89. The monoisotopic (exact) mass is 230 g/mol. The van der Waals surface area contributed by atoms with Gasteiger partial charge < -0.3 is 10.8 Å². The van der Waals surface area contributed by atoms with Crippen LogP contribution >= 0.6 is 0 Å². The molecule has 3 heteroatoms. The van der Waals surface area contributed by atoms with E-state index in [9.17, 15) is 0 Å². The lowest BCUT2D eigenvalue weighted by Crippen LogP contribution is -2.40. The van der Waals surface area contributed by atoms with E-state index in [4.69, 9.17) is 10.8 Å². The molecule has 0 aromatic heterocycles. The maximum Gasteiger partial charge on any atom is 0.0558 e. The minimum absolute atomic E-state index is 0.208. The van der Waals surface area contributed by atoms with Gasteiger partial charge in [0.1, 0.15) is 0 Å². The quantitative estimate of drug-likeness (QED) is 0.635. The summed E-state index contributed by atoms with van der Waals surface area (Å²) in [6.07, 6.45) is 3.40. The van der Waals surface area contributed by atoms with Crippen LogP contribution in [-0.4, -0.2) is 42.3 Å². The van der Waals surface area contributed by atoms with E-state index in [0.717, 1.165) is 38.9 Å². The van der Waals surface area contributed by atoms with Gasteiger partial charge in [-0.2, -0.15) is 0 Å². The zero-order valence-corrected chi connectivity index (χ0v) is 11.5. The molecule has 0 fully saturated rings. The van der Waals surface area contributed by atoms with E-state index < -0.39 is 0 Å². The van der Waals surface area contributed by atoms with Crippen molar-refractivity contribution in [1.29, 1.82) is 0 Å². The first-order chi connectivity index (χ1) is 7.50. The molecule has 0 aromatic carbocycles. The zero-order chi connectivity index (χ0) is 12.6. The number of hydrogen-bond acceptors (Lipinski definition) is 3. The number of nitrogens with zero attached hydrogens (tertiary/aromatic N) is 1. The van der Waals surface area contributed by atoms with E-state index in [1.807, 2.05) is 0 Å². The summed E-state index contributed by atoms with van der Waals surface area (Å²) in [6.45, 7) is 11.6. The molecule has 0 aromatic rings. The normalized spacial score (nSPS) is 12.8. The summed E-state index contributed by atoms with van der Waals surface area (Å²) in [5, 5.41) is 9.10. The number of aliphatic hydroxyl groups excluding tert-OH is 1. The molecule has 3 N–H and O–H groups in total. The highest BCUT2D eigenvalue weighted by Crippen LogP contribution is 2.20. The Morgan fingerprint density at radius 1 is 1.19 bits per heavy atom. The molecular weight excluding hydrogens is 200 g/mol. The predicted octanol–water partition coefficient (Wildman–Crippen LogP) is 1.84. The van der Waals surface area contributed by atoms with E-state index in [-0.39, 0.29) is 12.0 Å². The second-order valence-electron chi connectivity index (χ2n) is 5.35. The standard InChI is InChI=1S/C13H30N2O/c1-5-12(6-2)15(9-10-16)8-7-13(3,4)11-14/h12,16H,5-11,14H2,1-4H3. The molecule has 0 aliphatic rings. The first-order valence-electron chi connectivity index (χ1n) is 6.55. The van der Waals surface area contributed by atoms with Gasteiger partial charge in [0.15, 0.2) is 0 Å². The van der Waals surface area contributed by atoms with E-state index >= 15 is 0 Å². The average Bonchev–Trinajstić information content (AvgIpc) is 2.27. The fraction of sp³-hybridized carbons (Fsp3) is 1.00. The highest BCUT2D eigenvalue weighted by Gasteiger charge is 2.20. The van der Waals surface area contributed by atoms with Crippen LogP contribution in [0.1, 0.15) is 47.0 Å². The molecule has 0 aliphatic carbocycles. The highest BCUT2D eigenvalue weighted by molar-refractivity contribution is 4.75. The summed E-state index contributed by atoms with van der Waals surface area (Å²) in [5.41, 5.74) is 5.95. The largest absolute Gasteiger partial charge is 0.395 e. The number of hydrogen-bond donors (Lipinski definition) is 2. The van der Waals surface area contributed by atoms with Gasteiger partial charge in [0, 0.05) is 12.6 Å². The number of rotatable bonds is 9. The molecule has 16 heavy (non-hydrogen) atoms. The molecular formula is C13H30N2O. The van der Waals surface area contributed by atoms with Crippen molar-refractivity contribution in [1.82, 2.24) is 4.90 Å². The molecule has 0 amide bonds. The third-order valence-corrected chi connectivity index (χ3v) is 3.47. The summed E-state index contributed by atoms with van der Waals surface area (Å²) in [6, 6.07) is 0.598. The van der Waals surface area contributed by atoms with Gasteiger partial charge in [-0.05, 0) is 37.8 Å². The first kappa shape index (κ1) is 15.9. The van der Waals surface area contributed by atoms with Crippen LogP contribution in [0.15, 0.2) is 0 Å². The van der Waals surface area contributed by atoms with Crippen molar-refractivity contribution in [2.45, 2.75) is 53.0 Å². The van der Waals surface area contributed by atoms with E-state index in [2.05, 4.69) is 32.6 Å². The number of nitrogens with two attached hydrogens (primary N) is 1. The molecule has 0 spiro atoms. The third-order valence-electron chi connectivity index (χ3n) is 3.47. The average molecular weight is 230 g/mol. The topological polar surface area (TPSA) is 49.5 Å². The second kappa shape index (κ2) is 8.04. The zero-order valence-electron chi connectivity index (χ0n) is 11.5. The predicted molar refractivity (Wildman–Crippen MR) is 70.5 cm³/mol. The third kappa shape index (κ3) is 5.83. The maximum absolute atomic E-state index is 9.10. The molecule has 0 saturated heterocycles. The summed E-state index contributed by atoms with van der Waals surface area (Å²) in [4.78, 5) is 2.40. The van der Waals surface area contributed by atoms with Gasteiger partial charge in [0.05, 0.1) is 6.61 Å². The van der Waals surface area contributed by atoms with Gasteiger partial charge in [-0.1, -0.05) is 27.7 Å². The van der Waals surface area contributed by atoms with Crippen LogP contribution in [0.25, 0.3) is 0 Å². The summed E-state index contributed by atoms with van der Waals surface area (Å²) >= 11 is 0. The Balaban J connectivity index is 4.22. The smallest absolute Gasteiger partial charge is 0.0558 e. The fourth-order valence-electron chi connectivity index (χ4n) is 1.96. The van der Waals surface area contributed by atoms with Crippen LogP contribution in [0.4, 0.5) is 0 Å². The molecule has 0 rings (SSSR count). The van der Waals surface area contributed by atoms with Crippen molar-refractivity contribution in [2.24, 2.45) is 11.1 Å². The van der Waals surface area contributed by atoms with Crippen molar-refractivity contribution in [3.05, 3.63) is 0 Å². The van der Waals surface area contributed by atoms with Crippen molar-refractivity contribution in [3.63, 3.8) is 0 Å². The molecule has 0 aliphatic heterocycles. The fourth-order valence-corrected chi connectivity index (χ4v) is 1.96. The molecule has 0 unspecified atom stereocenters. The second-order valence-corrected chi connectivity index (χ2v) is 5.35. The van der Waals surface area contributed by atoms with Crippen molar-refractivity contribution in [2.75, 3.05) is 26.2 Å². The Bertz CT molecular complexity index is 167. The van der Waals surface area contributed by atoms with Crippen LogP contribution < -0.4 is 5.73 Å². The number of aliphatic hydroxyl groups is 1. The van der Waals surface area contributed by atoms with Gasteiger partial charge in [-0.25, -0.2) is 0 Å². The summed E-state index contributed by atoms with van der Waals surface area (Å²) in [7, 11) is 0. The van der Waals surface area contributed by atoms with E-state index in [1.165, 1.54) is 0 Å². The molecule has 98 valence electrons. The van der Waals surface area contributed by atoms with Crippen LogP contribution in [0.5, 0.6) is 0 Å². The Hall–Kier alpha value is -0.120. The van der Waals surface area contributed by atoms with Gasteiger partial charge in [-0.3, -0.25) is 4.90 Å². The van der Waals surface area contributed by atoms with Gasteiger partial charge >= 0.3 is 0 Å². The molecule has 0 radical (unpaired) electrons. The Labute approximate surface area is 101 Å². The Morgan fingerprint density at radius 3 is 2.12 bits per heavy atom. The van der Waals surface area contributed by atoms with Gasteiger partial charge in [0.2, 0.25) is 0 Å². The highest BCUT2D eigenvalue weighted by atomic mass is 16.3. The van der Waals surface area contributed by atoms with Crippen molar-refractivity contribution >= 4 is 0 Å². The SMILES string of the molecule is CCC(CC)N(CCO)CCC(C)(C)CN. The molecule has 0 atom stereocenters. The molecule has 0 bridgehead atoms. The van der Waals surface area contributed by atoms with Crippen LogP contribution in [0, 0.1) is 5.41 Å². The minimum atomic E-state index is 0.208. The van der Waals surface area contributed by atoms with E-state index in [0.29, 0.717) is 6.04 Å². The molecule has 0 heterocycles. The minimum Gasteiger partial charge on any atom is -0.395 e. The Morgan fingerprint density at radius 2 is 1.75 bits per heavy atom. The Kier molecular flexibility index (Phi) is 7.98. The molecule has 3 nitrogen and oxygen atoms in total. The van der Waals surface area contributed by atoms with Crippen molar-refractivity contribution in [3.8, 4) is 0 Å². The lowest BCUT2D eigenvalue weighted by molar-refractivity contribution is 0.126. The molecule has 0 saturated carbocycles. The van der Waals surface area contributed by atoms with Crippen molar-refractivity contribution < 1.29 is 5.11 Å². The van der Waals surface area contributed by atoms with Crippen LogP contribution in [0.3, 0.4) is 0 Å². The van der Waals surface area contributed by atoms with Gasteiger partial charge in [0.25, 0.3) is 0 Å². The summed E-state index contributed by atoms with van der Waals surface area (Å²) in [5.74, 6) is 0. The first-order valence-corrected chi connectivity index (χ1v) is 6.55. The maximum atomic E-state index is 9.10. The van der Waals surface area contributed by atoms with Gasteiger partial charge in [-0.15, -0.1) is 0 Å². The summed E-state index contributed by atoms with van der Waals surface area (Å²) < 4.78 is 0.